The molecule has 0 spiro atoms. The van der Waals surface area contributed by atoms with Gasteiger partial charge in [-0.1, -0.05) is 62.7 Å². The van der Waals surface area contributed by atoms with Crippen molar-refractivity contribution in [1.82, 2.24) is 10.2 Å². The lowest BCUT2D eigenvalue weighted by Crippen LogP contribution is -2.52. The number of anilines is 1. The Bertz CT molecular complexity index is 1120. The van der Waals surface area contributed by atoms with E-state index in [0.29, 0.717) is 16.3 Å². The molecule has 2 atom stereocenters. The quantitative estimate of drug-likeness (QED) is 0.469. The van der Waals surface area contributed by atoms with Gasteiger partial charge in [0.25, 0.3) is 0 Å². The number of hydrogen-bond acceptors (Lipinski definition) is 4. The second-order valence-electron chi connectivity index (χ2n) is 9.12. The molecule has 0 radical (unpaired) electrons. The minimum absolute atomic E-state index is 0.0609. The van der Waals surface area contributed by atoms with Crippen molar-refractivity contribution in [3.63, 3.8) is 0 Å². The van der Waals surface area contributed by atoms with Crippen molar-refractivity contribution in [2.24, 2.45) is 0 Å². The highest BCUT2D eigenvalue weighted by Crippen LogP contribution is 2.23. The molecular formula is C26H36ClN3O4S. The average molecular weight is 522 g/mol. The predicted molar refractivity (Wildman–Crippen MR) is 142 cm³/mol. The third-order valence-electron chi connectivity index (χ3n) is 5.99. The number of carbonyl (C=O) groups excluding carboxylic acids is 2. The summed E-state index contributed by atoms with van der Waals surface area (Å²) in [4.78, 5) is 27.9. The Morgan fingerprint density at radius 1 is 1.00 bits per heavy atom. The number of carbonyl (C=O) groups is 2. The molecule has 7 nitrogen and oxygen atoms in total. The molecule has 192 valence electrons. The molecule has 2 rings (SSSR count). The molecular weight excluding hydrogens is 486 g/mol. The molecule has 0 saturated heterocycles. The monoisotopic (exact) mass is 521 g/mol. The van der Waals surface area contributed by atoms with Gasteiger partial charge in [-0.15, -0.1) is 0 Å². The maximum Gasteiger partial charge on any atom is 0.244 e. The first-order chi connectivity index (χ1) is 16.3. The summed E-state index contributed by atoms with van der Waals surface area (Å²) >= 11 is 6.33. The number of halogens is 1. The molecule has 1 N–H and O–H groups in total. The van der Waals surface area contributed by atoms with E-state index in [2.05, 4.69) is 5.32 Å². The molecule has 2 aromatic carbocycles. The lowest BCUT2D eigenvalue weighted by molar-refractivity contribution is -0.139. The maximum atomic E-state index is 13.6. The van der Waals surface area contributed by atoms with E-state index in [1.165, 1.54) is 4.90 Å². The van der Waals surface area contributed by atoms with Gasteiger partial charge in [0, 0.05) is 17.6 Å². The van der Waals surface area contributed by atoms with Crippen LogP contribution in [0.1, 0.15) is 58.1 Å². The van der Waals surface area contributed by atoms with Crippen LogP contribution in [0, 0.1) is 0 Å². The molecule has 9 heteroatoms. The molecule has 0 unspecified atom stereocenters. The molecule has 2 aromatic rings. The highest BCUT2D eigenvalue weighted by Gasteiger charge is 2.30. The Hall–Kier alpha value is -2.58. The maximum absolute atomic E-state index is 13.6. The van der Waals surface area contributed by atoms with Crippen molar-refractivity contribution in [2.75, 3.05) is 17.1 Å². The third kappa shape index (κ3) is 7.97. The lowest BCUT2D eigenvalue weighted by atomic mass is 10.0. The van der Waals surface area contributed by atoms with Crippen LogP contribution in [0.5, 0.6) is 0 Å². The molecule has 0 heterocycles. The topological polar surface area (TPSA) is 86.8 Å². The van der Waals surface area contributed by atoms with E-state index in [4.69, 9.17) is 11.6 Å². The minimum atomic E-state index is -3.77. The number of nitrogens with one attached hydrogen (secondary N) is 1. The zero-order chi connectivity index (χ0) is 26.3. The summed E-state index contributed by atoms with van der Waals surface area (Å²) in [5, 5.41) is 3.36. The van der Waals surface area contributed by atoms with Gasteiger partial charge >= 0.3 is 0 Å². The highest BCUT2D eigenvalue weighted by atomic mass is 35.5. The Kier molecular flexibility index (Phi) is 10.2. The van der Waals surface area contributed by atoms with Gasteiger partial charge in [0.1, 0.15) is 12.6 Å². The summed E-state index contributed by atoms with van der Waals surface area (Å²) in [5.74, 6) is -0.532. The highest BCUT2D eigenvalue weighted by molar-refractivity contribution is 7.92. The number of nitrogens with zero attached hydrogens (tertiary/aromatic N) is 2. The van der Waals surface area contributed by atoms with Gasteiger partial charge in [0.15, 0.2) is 0 Å². The van der Waals surface area contributed by atoms with E-state index in [1.807, 2.05) is 39.8 Å². The Morgan fingerprint density at radius 3 is 2.11 bits per heavy atom. The van der Waals surface area contributed by atoms with Crippen LogP contribution < -0.4 is 9.62 Å². The van der Waals surface area contributed by atoms with Crippen LogP contribution >= 0.6 is 11.6 Å². The van der Waals surface area contributed by atoms with Crippen molar-refractivity contribution in [2.45, 2.75) is 65.6 Å². The van der Waals surface area contributed by atoms with Crippen LogP contribution in [0.3, 0.4) is 0 Å². The van der Waals surface area contributed by atoms with Crippen LogP contribution in [0.25, 0.3) is 0 Å². The number of sulfonamides is 1. The van der Waals surface area contributed by atoms with E-state index < -0.39 is 28.5 Å². The van der Waals surface area contributed by atoms with Crippen molar-refractivity contribution < 1.29 is 18.0 Å². The molecule has 0 aliphatic heterocycles. The van der Waals surface area contributed by atoms with Gasteiger partial charge in [-0.25, -0.2) is 8.42 Å². The zero-order valence-corrected chi connectivity index (χ0v) is 22.9. The van der Waals surface area contributed by atoms with Crippen molar-refractivity contribution in [3.05, 3.63) is 64.7 Å². The van der Waals surface area contributed by atoms with Gasteiger partial charge in [-0.3, -0.25) is 13.9 Å². The van der Waals surface area contributed by atoms with Crippen LogP contribution in [-0.4, -0.2) is 50.0 Å². The fourth-order valence-electron chi connectivity index (χ4n) is 3.50. The minimum Gasteiger partial charge on any atom is -0.352 e. The molecule has 0 fully saturated rings. The van der Waals surface area contributed by atoms with Crippen LogP contribution in [0.15, 0.2) is 48.5 Å². The summed E-state index contributed by atoms with van der Waals surface area (Å²) in [7, 11) is -3.77. The van der Waals surface area contributed by atoms with Gasteiger partial charge in [0.2, 0.25) is 21.8 Å². The third-order valence-corrected chi connectivity index (χ3v) is 7.50. The first-order valence-electron chi connectivity index (χ1n) is 11.8. The molecule has 0 aromatic heterocycles. The first-order valence-corrected chi connectivity index (χ1v) is 14.0. The van der Waals surface area contributed by atoms with E-state index in [1.54, 1.807) is 43.3 Å². The van der Waals surface area contributed by atoms with Crippen molar-refractivity contribution in [3.8, 4) is 0 Å². The van der Waals surface area contributed by atoms with E-state index in [0.717, 1.165) is 22.5 Å². The molecule has 2 amide bonds. The van der Waals surface area contributed by atoms with E-state index in [9.17, 15) is 18.0 Å². The fraction of sp³-hybridized carbons (Fsp3) is 0.462. The Morgan fingerprint density at radius 2 is 1.60 bits per heavy atom. The smallest absolute Gasteiger partial charge is 0.244 e. The van der Waals surface area contributed by atoms with E-state index >= 15 is 0 Å². The second-order valence-corrected chi connectivity index (χ2v) is 11.4. The molecule has 0 aliphatic carbocycles. The largest absolute Gasteiger partial charge is 0.352 e. The number of rotatable bonds is 11. The summed E-state index contributed by atoms with van der Waals surface area (Å²) in [5.41, 5.74) is 2.11. The molecule has 35 heavy (non-hydrogen) atoms. The summed E-state index contributed by atoms with van der Waals surface area (Å²) < 4.78 is 26.4. The molecule has 0 aliphatic rings. The first kappa shape index (κ1) is 28.7. The number of hydrogen-bond donors (Lipinski definition) is 1. The fourth-order valence-corrected chi connectivity index (χ4v) is 4.54. The zero-order valence-electron chi connectivity index (χ0n) is 21.3. The van der Waals surface area contributed by atoms with Gasteiger partial charge in [0.05, 0.1) is 11.9 Å². The average Bonchev–Trinajstić information content (AvgIpc) is 2.80. The van der Waals surface area contributed by atoms with Crippen molar-refractivity contribution >= 4 is 39.1 Å². The van der Waals surface area contributed by atoms with E-state index in [-0.39, 0.29) is 24.4 Å². The van der Waals surface area contributed by atoms with Crippen molar-refractivity contribution in [1.29, 1.82) is 0 Å². The van der Waals surface area contributed by atoms with Crippen LogP contribution in [0.2, 0.25) is 5.02 Å². The van der Waals surface area contributed by atoms with Crippen LogP contribution in [-0.2, 0) is 26.2 Å². The Balaban J connectivity index is 2.40. The van der Waals surface area contributed by atoms with Gasteiger partial charge < -0.3 is 10.2 Å². The SMILES string of the molecule is CC[C@@H](C)NC(=O)[C@H](C)N(Cc1ccccc1Cl)C(=O)CN(c1ccc(C(C)C)cc1)S(C)(=O)=O. The summed E-state index contributed by atoms with van der Waals surface area (Å²) in [6.07, 6.45) is 1.80. The van der Waals surface area contributed by atoms with Gasteiger partial charge in [-0.2, -0.15) is 0 Å². The Labute approximate surface area is 214 Å². The molecule has 0 bridgehead atoms. The summed E-state index contributed by atoms with van der Waals surface area (Å²) in [6.45, 7) is 9.20. The number of amides is 2. The normalized spacial score (nSPS) is 13.3. The second kappa shape index (κ2) is 12.4. The predicted octanol–water partition coefficient (Wildman–Crippen LogP) is 4.56. The molecule has 0 saturated carbocycles. The summed E-state index contributed by atoms with van der Waals surface area (Å²) in [6, 6.07) is 13.3. The standard InChI is InChI=1S/C26H36ClN3O4S/c1-7-19(4)28-26(32)20(5)29(16-22-10-8-9-11-24(22)27)25(31)17-30(35(6,33)34)23-14-12-21(13-15-23)18(2)3/h8-15,18-20H,7,16-17H2,1-6H3,(H,28,32)/t19-,20+/m1/s1. The van der Waals surface area contributed by atoms with Gasteiger partial charge in [-0.05, 0) is 55.5 Å². The van der Waals surface area contributed by atoms with Crippen LogP contribution in [0.4, 0.5) is 5.69 Å². The lowest BCUT2D eigenvalue weighted by Gasteiger charge is -2.32. The number of benzene rings is 2.